The molecule has 2 aromatic carbocycles. The molecule has 0 aliphatic heterocycles. The first-order chi connectivity index (χ1) is 12.5. The van der Waals surface area contributed by atoms with Gasteiger partial charge in [-0.05, 0) is 44.4 Å². The topological polar surface area (TPSA) is 38.8 Å². The molecule has 0 radical (unpaired) electrons. The summed E-state index contributed by atoms with van der Waals surface area (Å²) in [7, 11) is 1.55. The molecule has 138 valence electrons. The molecule has 0 unspecified atom stereocenters. The average Bonchev–Trinajstić information content (AvgIpc) is 3.47. The smallest absolute Gasteiger partial charge is 0.254 e. The molecule has 1 saturated carbocycles. The van der Waals surface area contributed by atoms with E-state index in [-0.39, 0.29) is 5.91 Å². The Kier molecular flexibility index (Phi) is 5.72. The highest BCUT2D eigenvalue weighted by Gasteiger charge is 2.33. The van der Waals surface area contributed by atoms with Crippen LogP contribution in [0.3, 0.4) is 0 Å². The van der Waals surface area contributed by atoms with Crippen molar-refractivity contribution in [3.63, 3.8) is 0 Å². The third-order valence-electron chi connectivity index (χ3n) is 4.49. The van der Waals surface area contributed by atoms with E-state index in [0.717, 1.165) is 18.4 Å². The summed E-state index contributed by atoms with van der Waals surface area (Å²) < 4.78 is 10.9. The molecule has 1 aliphatic carbocycles. The Morgan fingerprint density at radius 3 is 2.50 bits per heavy atom. The van der Waals surface area contributed by atoms with Crippen molar-refractivity contribution in [2.45, 2.75) is 39.3 Å². The van der Waals surface area contributed by atoms with Crippen molar-refractivity contribution in [2.75, 3.05) is 13.7 Å². The van der Waals surface area contributed by atoms with Crippen LogP contribution >= 0.6 is 11.6 Å². The van der Waals surface area contributed by atoms with Gasteiger partial charge in [0.2, 0.25) is 0 Å². The third-order valence-corrected chi connectivity index (χ3v) is 4.77. The maximum Gasteiger partial charge on any atom is 0.254 e. The quantitative estimate of drug-likeness (QED) is 0.695. The van der Waals surface area contributed by atoms with Crippen molar-refractivity contribution in [1.29, 1.82) is 0 Å². The van der Waals surface area contributed by atoms with E-state index in [0.29, 0.717) is 41.3 Å². The summed E-state index contributed by atoms with van der Waals surface area (Å²) in [5.41, 5.74) is 2.86. The largest absolute Gasteiger partial charge is 0.493 e. The van der Waals surface area contributed by atoms with Gasteiger partial charge < -0.3 is 14.4 Å². The lowest BCUT2D eigenvalue weighted by atomic mass is 10.1. The molecular formula is C21H24ClNO3. The molecule has 0 saturated heterocycles. The van der Waals surface area contributed by atoms with Crippen molar-refractivity contribution in [2.24, 2.45) is 0 Å². The number of hydrogen-bond donors (Lipinski definition) is 0. The standard InChI is InChI=1S/C21H24ClNO3/c1-4-26-20-18(22)11-16(12-19(20)25-3)21(24)23(17-9-10-17)13-15-7-5-14(2)6-8-15/h5-8,11-12,17H,4,9-10,13H2,1-3H3. The van der Waals surface area contributed by atoms with Crippen LogP contribution < -0.4 is 9.47 Å². The van der Waals surface area contributed by atoms with Crippen molar-refractivity contribution in [3.05, 3.63) is 58.1 Å². The van der Waals surface area contributed by atoms with E-state index < -0.39 is 0 Å². The van der Waals surface area contributed by atoms with Gasteiger partial charge in [-0.15, -0.1) is 0 Å². The van der Waals surface area contributed by atoms with Gasteiger partial charge in [-0.1, -0.05) is 41.4 Å². The first-order valence-corrected chi connectivity index (χ1v) is 9.28. The number of carbonyl (C=O) groups excluding carboxylic acids is 1. The summed E-state index contributed by atoms with van der Waals surface area (Å²) in [5, 5.41) is 0.389. The monoisotopic (exact) mass is 373 g/mol. The van der Waals surface area contributed by atoms with Gasteiger partial charge in [0, 0.05) is 18.2 Å². The lowest BCUT2D eigenvalue weighted by molar-refractivity contribution is 0.0729. The van der Waals surface area contributed by atoms with Crippen LogP contribution in [0.5, 0.6) is 11.5 Å². The molecule has 1 amide bonds. The second kappa shape index (κ2) is 8.00. The van der Waals surface area contributed by atoms with E-state index in [1.54, 1.807) is 19.2 Å². The molecular weight excluding hydrogens is 350 g/mol. The number of amides is 1. The predicted molar refractivity (Wildman–Crippen MR) is 103 cm³/mol. The van der Waals surface area contributed by atoms with Gasteiger partial charge in [0.25, 0.3) is 5.91 Å². The number of hydrogen-bond acceptors (Lipinski definition) is 3. The zero-order chi connectivity index (χ0) is 18.7. The summed E-state index contributed by atoms with van der Waals surface area (Å²) in [6, 6.07) is 12.0. The Bertz CT molecular complexity index is 785. The molecule has 0 atom stereocenters. The number of nitrogens with zero attached hydrogens (tertiary/aromatic N) is 1. The SMILES string of the molecule is CCOc1c(Cl)cc(C(=O)N(Cc2ccc(C)cc2)C2CC2)cc1OC. The normalized spacial score (nSPS) is 13.4. The van der Waals surface area contributed by atoms with Crippen LogP contribution in [-0.4, -0.2) is 30.6 Å². The van der Waals surface area contributed by atoms with Crippen LogP contribution in [0, 0.1) is 6.92 Å². The minimum Gasteiger partial charge on any atom is -0.493 e. The molecule has 0 aromatic heterocycles. The molecule has 26 heavy (non-hydrogen) atoms. The van der Waals surface area contributed by atoms with Crippen molar-refractivity contribution >= 4 is 17.5 Å². The van der Waals surface area contributed by atoms with Gasteiger partial charge in [-0.3, -0.25) is 4.79 Å². The number of carbonyl (C=O) groups is 1. The van der Waals surface area contributed by atoms with Gasteiger partial charge >= 0.3 is 0 Å². The van der Waals surface area contributed by atoms with Crippen LogP contribution in [0.4, 0.5) is 0 Å². The fourth-order valence-corrected chi connectivity index (χ4v) is 3.20. The Hall–Kier alpha value is -2.20. The van der Waals surface area contributed by atoms with Crippen LogP contribution in [0.15, 0.2) is 36.4 Å². The first-order valence-electron chi connectivity index (χ1n) is 8.90. The Morgan fingerprint density at radius 2 is 1.92 bits per heavy atom. The molecule has 1 aliphatic rings. The van der Waals surface area contributed by atoms with Crippen LogP contribution in [0.1, 0.15) is 41.3 Å². The number of halogens is 1. The Labute approximate surface area is 159 Å². The van der Waals surface area contributed by atoms with E-state index in [1.165, 1.54) is 5.56 Å². The van der Waals surface area contributed by atoms with Crippen molar-refractivity contribution < 1.29 is 14.3 Å². The third kappa shape index (κ3) is 4.13. The molecule has 3 rings (SSSR count). The second-order valence-electron chi connectivity index (χ2n) is 6.57. The summed E-state index contributed by atoms with van der Waals surface area (Å²) in [6.07, 6.45) is 2.08. The lowest BCUT2D eigenvalue weighted by Gasteiger charge is -2.23. The second-order valence-corrected chi connectivity index (χ2v) is 6.98. The van der Waals surface area contributed by atoms with Gasteiger partial charge in [0.1, 0.15) is 0 Å². The lowest BCUT2D eigenvalue weighted by Crippen LogP contribution is -2.32. The molecule has 0 spiro atoms. The maximum absolute atomic E-state index is 13.2. The van der Waals surface area contributed by atoms with Gasteiger partial charge in [0.05, 0.1) is 18.7 Å². The fourth-order valence-electron chi connectivity index (χ4n) is 2.94. The summed E-state index contributed by atoms with van der Waals surface area (Å²) in [6.45, 7) is 5.01. The van der Waals surface area contributed by atoms with Crippen LogP contribution in [0.2, 0.25) is 5.02 Å². The molecule has 2 aromatic rings. The van der Waals surface area contributed by atoms with E-state index in [2.05, 4.69) is 31.2 Å². The number of benzene rings is 2. The summed E-state index contributed by atoms with van der Waals surface area (Å²) in [4.78, 5) is 15.1. The van der Waals surface area contributed by atoms with Crippen molar-refractivity contribution in [1.82, 2.24) is 4.90 Å². The highest BCUT2D eigenvalue weighted by atomic mass is 35.5. The number of ether oxygens (including phenoxy) is 2. The van der Waals surface area contributed by atoms with Gasteiger partial charge in [0.15, 0.2) is 11.5 Å². The Balaban J connectivity index is 1.87. The highest BCUT2D eigenvalue weighted by molar-refractivity contribution is 6.32. The zero-order valence-electron chi connectivity index (χ0n) is 15.4. The molecule has 0 bridgehead atoms. The zero-order valence-corrected chi connectivity index (χ0v) is 16.2. The number of methoxy groups -OCH3 is 1. The number of aryl methyl sites for hydroxylation is 1. The van der Waals surface area contributed by atoms with Crippen LogP contribution in [0.25, 0.3) is 0 Å². The number of rotatable bonds is 7. The van der Waals surface area contributed by atoms with Gasteiger partial charge in [-0.25, -0.2) is 0 Å². The first kappa shape index (κ1) is 18.6. The molecule has 5 heteroatoms. The predicted octanol–water partition coefficient (Wildman–Crippen LogP) is 4.86. The van der Waals surface area contributed by atoms with E-state index in [9.17, 15) is 4.79 Å². The molecule has 0 heterocycles. The van der Waals surface area contributed by atoms with Crippen LogP contribution in [-0.2, 0) is 6.54 Å². The average molecular weight is 374 g/mol. The van der Waals surface area contributed by atoms with Gasteiger partial charge in [-0.2, -0.15) is 0 Å². The highest BCUT2D eigenvalue weighted by Crippen LogP contribution is 2.38. The van der Waals surface area contributed by atoms with E-state index in [1.807, 2.05) is 11.8 Å². The Morgan fingerprint density at radius 1 is 1.23 bits per heavy atom. The summed E-state index contributed by atoms with van der Waals surface area (Å²) in [5.74, 6) is 0.926. The summed E-state index contributed by atoms with van der Waals surface area (Å²) >= 11 is 6.34. The van der Waals surface area contributed by atoms with Crippen molar-refractivity contribution in [3.8, 4) is 11.5 Å². The van der Waals surface area contributed by atoms with E-state index >= 15 is 0 Å². The molecule has 0 N–H and O–H groups in total. The minimum absolute atomic E-state index is 0.0312. The minimum atomic E-state index is -0.0312. The molecule has 1 fully saturated rings. The molecule has 4 nitrogen and oxygen atoms in total. The van der Waals surface area contributed by atoms with E-state index in [4.69, 9.17) is 21.1 Å². The maximum atomic E-state index is 13.2. The fraction of sp³-hybridized carbons (Fsp3) is 0.381.